The highest BCUT2D eigenvalue weighted by Gasteiger charge is 2.36. The Morgan fingerprint density at radius 2 is 1.91 bits per heavy atom. The summed E-state index contributed by atoms with van der Waals surface area (Å²) in [6.07, 6.45) is 0. The Morgan fingerprint density at radius 1 is 1.18 bits per heavy atom. The predicted octanol–water partition coefficient (Wildman–Crippen LogP) is 2.87. The number of amides is 1. The van der Waals surface area contributed by atoms with Crippen LogP contribution in [-0.4, -0.2) is 52.0 Å². The Bertz CT molecular complexity index is 1310. The Morgan fingerprint density at radius 3 is 2.58 bits per heavy atom. The fourth-order valence-electron chi connectivity index (χ4n) is 4.04. The number of methoxy groups -OCH3 is 1. The topological polar surface area (TPSA) is 112 Å². The predicted molar refractivity (Wildman–Crippen MR) is 124 cm³/mol. The molecule has 1 amide bonds. The number of rotatable bonds is 6. The van der Waals surface area contributed by atoms with Crippen LogP contribution in [0.5, 0.6) is 11.5 Å². The lowest BCUT2D eigenvalue weighted by atomic mass is 10.1. The molecule has 0 atom stereocenters. The molecule has 0 radical (unpaired) electrons. The van der Waals surface area contributed by atoms with Crippen molar-refractivity contribution < 1.29 is 24.5 Å². The van der Waals surface area contributed by atoms with E-state index in [9.17, 15) is 24.6 Å². The smallest absolute Gasteiger partial charge is 0.341 e. The van der Waals surface area contributed by atoms with Crippen LogP contribution in [0.2, 0.25) is 0 Å². The molecule has 3 aromatic rings. The van der Waals surface area contributed by atoms with Crippen LogP contribution in [-0.2, 0) is 6.54 Å². The zero-order valence-electron chi connectivity index (χ0n) is 18.4. The number of carbonyl (C=O) groups excluding carboxylic acids is 1. The van der Waals surface area contributed by atoms with Crippen molar-refractivity contribution in [3.8, 4) is 21.9 Å². The van der Waals surface area contributed by atoms with Crippen molar-refractivity contribution in [1.82, 2.24) is 9.58 Å². The third-order valence-electron chi connectivity index (χ3n) is 5.63. The van der Waals surface area contributed by atoms with Gasteiger partial charge >= 0.3 is 5.97 Å². The molecule has 1 aliphatic rings. The van der Waals surface area contributed by atoms with Gasteiger partial charge in [0.05, 0.1) is 19.3 Å². The second-order valence-electron chi connectivity index (χ2n) is 7.54. The molecule has 0 fully saturated rings. The molecule has 0 spiro atoms. The fraction of sp³-hybridized carbons (Fsp3) is 0.261. The van der Waals surface area contributed by atoms with Crippen molar-refractivity contribution in [1.29, 1.82) is 0 Å². The van der Waals surface area contributed by atoms with E-state index in [1.54, 1.807) is 19.0 Å². The average molecular weight is 470 g/mol. The van der Waals surface area contributed by atoms with Crippen molar-refractivity contribution in [3.63, 3.8) is 0 Å². The lowest BCUT2D eigenvalue weighted by molar-refractivity contribution is 0.0667. The van der Waals surface area contributed by atoms with Gasteiger partial charge in [0.25, 0.3) is 5.91 Å². The Hall–Kier alpha value is -3.79. The molecule has 1 aromatic carbocycles. The van der Waals surface area contributed by atoms with Crippen LogP contribution in [0.1, 0.15) is 38.3 Å². The summed E-state index contributed by atoms with van der Waals surface area (Å²) < 4.78 is 6.81. The highest BCUT2D eigenvalue weighted by molar-refractivity contribution is 7.15. The highest BCUT2D eigenvalue weighted by atomic mass is 32.1. The van der Waals surface area contributed by atoms with E-state index in [1.165, 1.54) is 27.8 Å². The summed E-state index contributed by atoms with van der Waals surface area (Å²) in [7, 11) is 1.62. The number of carboxylic acids is 1. The van der Waals surface area contributed by atoms with Gasteiger partial charge in [-0.15, -0.1) is 11.3 Å². The lowest BCUT2D eigenvalue weighted by Gasteiger charge is -2.40. The molecule has 172 valence electrons. The summed E-state index contributed by atoms with van der Waals surface area (Å²) >= 11 is 1.54. The summed E-state index contributed by atoms with van der Waals surface area (Å²) in [5, 5.41) is 21.8. The van der Waals surface area contributed by atoms with Crippen LogP contribution < -0.4 is 15.2 Å². The number of hydrogen-bond acceptors (Lipinski definition) is 7. The Labute approximate surface area is 193 Å². The van der Waals surface area contributed by atoms with E-state index in [0.29, 0.717) is 13.1 Å². The van der Waals surface area contributed by atoms with Gasteiger partial charge in [0.1, 0.15) is 18.0 Å². The average Bonchev–Trinajstić information content (AvgIpc) is 3.26. The van der Waals surface area contributed by atoms with Crippen LogP contribution in [0.4, 0.5) is 0 Å². The van der Waals surface area contributed by atoms with Gasteiger partial charge in [0, 0.05) is 21.9 Å². The molecule has 9 nitrogen and oxygen atoms in total. The van der Waals surface area contributed by atoms with Gasteiger partial charge in [-0.25, -0.2) is 4.79 Å². The van der Waals surface area contributed by atoms with E-state index in [2.05, 4.69) is 0 Å². The standard InChI is InChI=1S/C23H23N3O6S/c1-4-24-12-25(11-14-9-10-17(33-14)15-7-5-6-8-16(15)32-3)26-13(2)18(23(30)31)20(27)21(28)19(26)22(24)29/h5-10,28H,4,11-12H2,1-3H3,(H,30,31). The van der Waals surface area contributed by atoms with Crippen molar-refractivity contribution in [2.45, 2.75) is 20.4 Å². The van der Waals surface area contributed by atoms with Gasteiger partial charge in [-0.2, -0.15) is 0 Å². The maximum Gasteiger partial charge on any atom is 0.341 e. The first kappa shape index (κ1) is 22.4. The van der Waals surface area contributed by atoms with Gasteiger partial charge in [-0.05, 0) is 38.1 Å². The van der Waals surface area contributed by atoms with Gasteiger partial charge in [0.15, 0.2) is 11.4 Å². The number of benzene rings is 1. The number of carboxylic acid groups (broad SMARTS) is 1. The summed E-state index contributed by atoms with van der Waals surface area (Å²) in [5.41, 5.74) is -0.804. The number of aromatic carboxylic acids is 1. The molecule has 0 bridgehead atoms. The van der Waals surface area contributed by atoms with Crippen LogP contribution >= 0.6 is 11.3 Å². The molecule has 0 aliphatic carbocycles. The van der Waals surface area contributed by atoms with E-state index < -0.39 is 28.6 Å². The quantitative estimate of drug-likeness (QED) is 0.571. The highest BCUT2D eigenvalue weighted by Crippen LogP contribution is 2.35. The van der Waals surface area contributed by atoms with E-state index in [4.69, 9.17) is 4.74 Å². The van der Waals surface area contributed by atoms with Crippen molar-refractivity contribution in [3.05, 3.63) is 68.4 Å². The van der Waals surface area contributed by atoms with Gasteiger partial charge in [-0.1, -0.05) is 12.1 Å². The third kappa shape index (κ3) is 3.72. The zero-order chi connectivity index (χ0) is 23.9. The number of aromatic nitrogens is 1. The number of ether oxygens (including phenoxy) is 1. The maximum absolute atomic E-state index is 12.9. The summed E-state index contributed by atoms with van der Waals surface area (Å²) in [5.74, 6) is -2.08. The molecular weight excluding hydrogens is 446 g/mol. The molecule has 0 saturated heterocycles. The molecule has 10 heteroatoms. The van der Waals surface area contributed by atoms with Gasteiger partial charge in [0.2, 0.25) is 5.43 Å². The normalized spacial score (nSPS) is 13.2. The number of hydrogen-bond donors (Lipinski definition) is 2. The molecule has 1 aliphatic heterocycles. The third-order valence-corrected chi connectivity index (χ3v) is 6.74. The minimum Gasteiger partial charge on any atom is -0.502 e. The second kappa shape index (κ2) is 8.62. The van der Waals surface area contributed by atoms with Gasteiger partial charge < -0.3 is 19.8 Å². The van der Waals surface area contributed by atoms with Crippen molar-refractivity contribution in [2.75, 3.05) is 25.3 Å². The SMILES string of the molecule is CCN1CN(Cc2ccc(-c3ccccc3OC)s2)n2c(C)c(C(=O)O)c(=O)c(O)c2C1=O. The monoisotopic (exact) mass is 469 g/mol. The van der Waals surface area contributed by atoms with Crippen LogP contribution in [0.25, 0.3) is 10.4 Å². The number of aromatic hydroxyl groups is 1. The first-order valence-corrected chi connectivity index (χ1v) is 11.1. The largest absolute Gasteiger partial charge is 0.502 e. The van der Waals surface area contributed by atoms with E-state index in [-0.39, 0.29) is 18.1 Å². The number of nitrogens with zero attached hydrogens (tertiary/aromatic N) is 3. The summed E-state index contributed by atoms with van der Waals surface area (Å²) in [6.45, 7) is 4.12. The zero-order valence-corrected chi connectivity index (χ0v) is 19.2. The molecule has 2 N–H and O–H groups in total. The maximum atomic E-state index is 12.9. The lowest BCUT2D eigenvalue weighted by Crippen LogP contribution is -2.54. The van der Waals surface area contributed by atoms with Crippen LogP contribution in [0.3, 0.4) is 0 Å². The van der Waals surface area contributed by atoms with E-state index >= 15 is 0 Å². The van der Waals surface area contributed by atoms with Gasteiger partial charge in [-0.3, -0.25) is 19.3 Å². The molecular formula is C23H23N3O6S. The van der Waals surface area contributed by atoms with Crippen LogP contribution in [0.15, 0.2) is 41.2 Å². The molecule has 4 rings (SSSR count). The number of para-hydroxylation sites is 1. The molecule has 3 heterocycles. The molecule has 0 unspecified atom stereocenters. The summed E-state index contributed by atoms with van der Waals surface area (Å²) in [6, 6.07) is 11.6. The molecule has 33 heavy (non-hydrogen) atoms. The first-order chi connectivity index (χ1) is 15.8. The minimum atomic E-state index is -1.46. The fourth-order valence-corrected chi connectivity index (χ4v) is 5.08. The van der Waals surface area contributed by atoms with E-state index in [1.807, 2.05) is 36.4 Å². The second-order valence-corrected chi connectivity index (χ2v) is 8.71. The number of fused-ring (bicyclic) bond motifs is 1. The molecule has 0 saturated carbocycles. The number of pyridine rings is 1. The van der Waals surface area contributed by atoms with Crippen LogP contribution in [0, 0.1) is 6.92 Å². The minimum absolute atomic E-state index is 0.0888. The Kier molecular flexibility index (Phi) is 5.86. The van der Waals surface area contributed by atoms with Crippen molar-refractivity contribution in [2.24, 2.45) is 0 Å². The first-order valence-electron chi connectivity index (χ1n) is 10.3. The Balaban J connectivity index is 1.80. The van der Waals surface area contributed by atoms with Crippen molar-refractivity contribution >= 4 is 23.2 Å². The summed E-state index contributed by atoms with van der Waals surface area (Å²) in [4.78, 5) is 40.6. The molecule has 2 aromatic heterocycles. The number of carbonyl (C=O) groups is 2. The van der Waals surface area contributed by atoms with E-state index in [0.717, 1.165) is 21.1 Å². The number of thiophene rings is 1.